The minimum atomic E-state index is -0.973. The molecule has 2 atom stereocenters. The predicted octanol–water partition coefficient (Wildman–Crippen LogP) is 5.92. The lowest BCUT2D eigenvalue weighted by Crippen LogP contribution is -2.34. The Kier molecular flexibility index (Phi) is 10.2. The van der Waals surface area contributed by atoms with Crippen molar-refractivity contribution in [1.82, 2.24) is 0 Å². The molecule has 0 fully saturated rings. The number of hydrogen-bond acceptors (Lipinski definition) is 7. The van der Waals surface area contributed by atoms with Crippen molar-refractivity contribution in [2.45, 2.75) is 63.2 Å². The van der Waals surface area contributed by atoms with Gasteiger partial charge in [0.05, 0.1) is 29.8 Å². The number of thioether (sulfide) groups is 1. The number of carboxylic acids is 1. The lowest BCUT2D eigenvalue weighted by Gasteiger charge is -2.24. The van der Waals surface area contributed by atoms with E-state index in [4.69, 9.17) is 4.74 Å². The summed E-state index contributed by atoms with van der Waals surface area (Å²) >= 11 is 2.79. The number of carbonyl (C=O) groups excluding carboxylic acids is 3. The molecular weight excluding hydrogens is 536 g/mol. The maximum Gasteiger partial charge on any atom is 0.341 e. The van der Waals surface area contributed by atoms with E-state index in [0.29, 0.717) is 29.1 Å². The van der Waals surface area contributed by atoms with E-state index in [9.17, 15) is 24.3 Å². The fraction of sp³-hybridized carbons (Fsp3) is 0.448. The lowest BCUT2D eigenvalue weighted by atomic mass is 9.82. The molecule has 2 aromatic rings. The molecule has 2 aliphatic carbocycles. The summed E-state index contributed by atoms with van der Waals surface area (Å²) in [5, 5.41) is 15.8. The summed E-state index contributed by atoms with van der Waals surface area (Å²) in [5.74, 6) is -3.17. The molecule has 10 heteroatoms. The number of fused-ring (bicyclic) bond motifs is 1. The zero-order chi connectivity index (χ0) is 27.8. The van der Waals surface area contributed by atoms with E-state index in [1.165, 1.54) is 29.5 Å². The number of esters is 1. The zero-order valence-corrected chi connectivity index (χ0v) is 23.6. The Morgan fingerprint density at radius 3 is 2.51 bits per heavy atom. The standard InChI is InChI=1S/C29H34N2O6S2/c1-2-37-29(36)25-22-14-5-3-4-6-15-23(22)39-27(25)31-24(32)17-38-19-11-9-10-18(16-19)30-26(33)20-12-7-8-13-21(20)28(34)35/h7-11,16,20-21H,2-6,12-15,17H2,1H3,(H,30,33)(H,31,32)(H,34,35). The number of rotatable bonds is 9. The van der Waals surface area contributed by atoms with Crippen molar-refractivity contribution in [3.8, 4) is 0 Å². The van der Waals surface area contributed by atoms with Gasteiger partial charge in [-0.3, -0.25) is 14.4 Å². The van der Waals surface area contributed by atoms with Gasteiger partial charge >= 0.3 is 11.9 Å². The van der Waals surface area contributed by atoms with E-state index in [2.05, 4.69) is 10.6 Å². The first-order chi connectivity index (χ1) is 18.9. The highest BCUT2D eigenvalue weighted by molar-refractivity contribution is 8.00. The number of carbonyl (C=O) groups is 4. The van der Waals surface area contributed by atoms with Gasteiger partial charge in [-0.15, -0.1) is 23.1 Å². The summed E-state index contributed by atoms with van der Waals surface area (Å²) in [7, 11) is 0. The highest BCUT2D eigenvalue weighted by Crippen LogP contribution is 2.38. The Morgan fingerprint density at radius 2 is 1.77 bits per heavy atom. The van der Waals surface area contributed by atoms with Crippen LogP contribution in [0.5, 0.6) is 0 Å². The third-order valence-corrected chi connectivity index (χ3v) is 9.16. The maximum absolute atomic E-state index is 12.9. The quantitative estimate of drug-likeness (QED) is 0.194. The molecule has 1 heterocycles. The molecule has 0 spiro atoms. The molecule has 2 amide bonds. The number of nitrogens with one attached hydrogen (secondary N) is 2. The molecule has 2 aliphatic rings. The van der Waals surface area contributed by atoms with Crippen molar-refractivity contribution in [3.63, 3.8) is 0 Å². The molecule has 1 aromatic carbocycles. The highest BCUT2D eigenvalue weighted by atomic mass is 32.2. The van der Waals surface area contributed by atoms with Gasteiger partial charge in [-0.05, 0) is 69.2 Å². The smallest absolute Gasteiger partial charge is 0.341 e. The van der Waals surface area contributed by atoms with Crippen LogP contribution in [0.25, 0.3) is 0 Å². The number of aliphatic carboxylic acids is 1. The summed E-state index contributed by atoms with van der Waals surface area (Å²) in [6.07, 6.45) is 10.5. The first kappa shape index (κ1) is 28.9. The van der Waals surface area contributed by atoms with Gasteiger partial charge in [0.25, 0.3) is 0 Å². The van der Waals surface area contributed by atoms with Crippen LogP contribution >= 0.6 is 23.1 Å². The summed E-state index contributed by atoms with van der Waals surface area (Å²) in [6.45, 7) is 2.05. The molecule has 2 unspecified atom stereocenters. The van der Waals surface area contributed by atoms with Crippen LogP contribution in [0, 0.1) is 11.8 Å². The van der Waals surface area contributed by atoms with Gasteiger partial charge in [0, 0.05) is 15.5 Å². The minimum Gasteiger partial charge on any atom is -0.481 e. The summed E-state index contributed by atoms with van der Waals surface area (Å²) < 4.78 is 5.32. The number of hydrogen-bond donors (Lipinski definition) is 3. The van der Waals surface area contributed by atoms with Gasteiger partial charge in [-0.1, -0.05) is 31.1 Å². The van der Waals surface area contributed by atoms with E-state index in [0.717, 1.165) is 47.4 Å². The van der Waals surface area contributed by atoms with Gasteiger partial charge in [0.1, 0.15) is 5.00 Å². The Morgan fingerprint density at radius 1 is 1.03 bits per heavy atom. The largest absolute Gasteiger partial charge is 0.481 e. The van der Waals surface area contributed by atoms with Crippen LogP contribution in [0.15, 0.2) is 41.3 Å². The number of benzene rings is 1. The second kappa shape index (κ2) is 13.8. The zero-order valence-electron chi connectivity index (χ0n) is 22.0. The second-order valence-electron chi connectivity index (χ2n) is 9.69. The molecular formula is C29H34N2O6S2. The van der Waals surface area contributed by atoms with Crippen LogP contribution in [0.2, 0.25) is 0 Å². The van der Waals surface area contributed by atoms with Gasteiger partial charge < -0.3 is 20.5 Å². The van der Waals surface area contributed by atoms with Crippen molar-refractivity contribution in [2.24, 2.45) is 11.8 Å². The third kappa shape index (κ3) is 7.51. The SMILES string of the molecule is CCOC(=O)c1c(NC(=O)CSc2cccc(NC(=O)C3CC=CCC3C(=O)O)c2)sc2c1CCCCCC2. The summed E-state index contributed by atoms with van der Waals surface area (Å²) in [4.78, 5) is 52.0. The van der Waals surface area contributed by atoms with Crippen molar-refractivity contribution in [2.75, 3.05) is 23.0 Å². The van der Waals surface area contributed by atoms with Gasteiger partial charge in [0.2, 0.25) is 11.8 Å². The number of ether oxygens (including phenoxy) is 1. The van der Waals surface area contributed by atoms with Gasteiger partial charge in [-0.25, -0.2) is 4.79 Å². The van der Waals surface area contributed by atoms with Crippen LogP contribution < -0.4 is 10.6 Å². The van der Waals surface area contributed by atoms with Crippen molar-refractivity contribution in [3.05, 3.63) is 52.4 Å². The summed E-state index contributed by atoms with van der Waals surface area (Å²) in [5.41, 5.74) is 2.06. The average Bonchev–Trinajstić information content (AvgIpc) is 3.23. The molecule has 0 radical (unpaired) electrons. The molecule has 8 nitrogen and oxygen atoms in total. The van der Waals surface area contributed by atoms with E-state index >= 15 is 0 Å². The van der Waals surface area contributed by atoms with E-state index < -0.39 is 17.8 Å². The van der Waals surface area contributed by atoms with Crippen molar-refractivity contribution < 1.29 is 29.0 Å². The molecule has 0 saturated heterocycles. The van der Waals surface area contributed by atoms with Crippen LogP contribution in [0.4, 0.5) is 10.7 Å². The fourth-order valence-corrected chi connectivity index (χ4v) is 7.06. The number of amides is 2. The number of anilines is 2. The van der Waals surface area contributed by atoms with Crippen LogP contribution in [0.1, 0.15) is 66.2 Å². The Bertz CT molecular complexity index is 1250. The number of allylic oxidation sites excluding steroid dienone is 2. The van der Waals surface area contributed by atoms with Crippen molar-refractivity contribution >= 4 is 57.5 Å². The average molecular weight is 571 g/mol. The van der Waals surface area contributed by atoms with Crippen LogP contribution in [0.3, 0.4) is 0 Å². The topological polar surface area (TPSA) is 122 Å². The van der Waals surface area contributed by atoms with E-state index in [-0.39, 0.29) is 30.1 Å². The molecule has 3 N–H and O–H groups in total. The Hall–Kier alpha value is -3.11. The van der Waals surface area contributed by atoms with E-state index in [1.807, 2.05) is 12.1 Å². The first-order valence-corrected chi connectivity index (χ1v) is 15.2. The van der Waals surface area contributed by atoms with Crippen LogP contribution in [-0.2, 0) is 32.0 Å². The number of thiophene rings is 1. The molecule has 0 bridgehead atoms. The summed E-state index contributed by atoms with van der Waals surface area (Å²) in [6, 6.07) is 7.13. The molecule has 39 heavy (non-hydrogen) atoms. The van der Waals surface area contributed by atoms with E-state index in [1.54, 1.807) is 31.2 Å². The molecule has 0 aliphatic heterocycles. The Labute approximate surface area is 236 Å². The molecule has 0 saturated carbocycles. The molecule has 4 rings (SSSR count). The minimum absolute atomic E-state index is 0.122. The maximum atomic E-state index is 12.9. The Balaban J connectivity index is 1.40. The fourth-order valence-electron chi connectivity index (χ4n) is 5.01. The highest BCUT2D eigenvalue weighted by Gasteiger charge is 2.34. The number of aryl methyl sites for hydroxylation is 1. The van der Waals surface area contributed by atoms with Crippen molar-refractivity contribution in [1.29, 1.82) is 0 Å². The van der Waals surface area contributed by atoms with Gasteiger partial charge in [-0.2, -0.15) is 0 Å². The second-order valence-corrected chi connectivity index (χ2v) is 11.8. The number of carboxylic acid groups (broad SMARTS) is 1. The van der Waals surface area contributed by atoms with Gasteiger partial charge in [0.15, 0.2) is 0 Å². The monoisotopic (exact) mass is 570 g/mol. The predicted molar refractivity (Wildman–Crippen MR) is 154 cm³/mol. The third-order valence-electron chi connectivity index (χ3n) is 6.96. The lowest BCUT2D eigenvalue weighted by molar-refractivity contribution is -0.146. The normalized spacial score (nSPS) is 18.8. The first-order valence-electron chi connectivity index (χ1n) is 13.4. The molecule has 208 valence electrons. The molecule has 1 aromatic heterocycles. The van der Waals surface area contributed by atoms with Crippen LogP contribution in [-0.4, -0.2) is 41.2 Å².